The van der Waals surface area contributed by atoms with Crippen LogP contribution in [-0.4, -0.2) is 21.3 Å². The summed E-state index contributed by atoms with van der Waals surface area (Å²) in [5.41, 5.74) is 0.992. The maximum absolute atomic E-state index is 11.5. The molecule has 2 aromatic rings. The first-order chi connectivity index (χ1) is 10.0. The fraction of sp³-hybridized carbons (Fsp3) is 0.429. The highest BCUT2D eigenvalue weighted by molar-refractivity contribution is 9.10. The smallest absolute Gasteiger partial charge is 0.310 e. The lowest BCUT2D eigenvalue weighted by molar-refractivity contribution is 0.563. The van der Waals surface area contributed by atoms with E-state index in [-0.39, 0.29) is 11.7 Å². The molecule has 0 amide bonds. The summed E-state index contributed by atoms with van der Waals surface area (Å²) in [4.78, 5) is 12.5. The molecule has 0 fully saturated rings. The molecule has 0 saturated heterocycles. The first-order valence-electron chi connectivity index (χ1n) is 6.85. The Kier molecular flexibility index (Phi) is 5.66. The van der Waals surface area contributed by atoms with Gasteiger partial charge < -0.3 is 5.32 Å². The van der Waals surface area contributed by atoms with Gasteiger partial charge >= 0.3 is 5.69 Å². The zero-order valence-electron chi connectivity index (χ0n) is 12.3. The molecule has 1 unspecified atom stereocenters. The standard InChI is InChI=1S/C14H19BrN4OS/c1-4-7-16-9(2)11-8-10(15)5-6-12(11)21-14-18-17-13(20)19(14)3/h5-6,8-9,16H,4,7H2,1-3H3,(H,17,20). The summed E-state index contributed by atoms with van der Waals surface area (Å²) in [6.07, 6.45) is 1.09. The van der Waals surface area contributed by atoms with Gasteiger partial charge in [0.05, 0.1) is 0 Å². The van der Waals surface area contributed by atoms with Gasteiger partial charge in [-0.05, 0) is 55.4 Å². The number of benzene rings is 1. The molecule has 0 radical (unpaired) electrons. The van der Waals surface area contributed by atoms with Crippen molar-refractivity contribution in [3.05, 3.63) is 38.7 Å². The van der Waals surface area contributed by atoms with Crippen LogP contribution in [0.1, 0.15) is 31.9 Å². The molecule has 0 saturated carbocycles. The lowest BCUT2D eigenvalue weighted by atomic mass is 10.1. The van der Waals surface area contributed by atoms with Gasteiger partial charge in [-0.3, -0.25) is 4.57 Å². The van der Waals surface area contributed by atoms with E-state index in [4.69, 9.17) is 0 Å². The van der Waals surface area contributed by atoms with Gasteiger partial charge in [0, 0.05) is 22.5 Å². The third-order valence-electron chi connectivity index (χ3n) is 3.18. The molecule has 2 rings (SSSR count). The summed E-state index contributed by atoms with van der Waals surface area (Å²) in [6, 6.07) is 6.40. The van der Waals surface area contributed by atoms with Gasteiger partial charge in [-0.25, -0.2) is 9.89 Å². The second-order valence-corrected chi connectivity index (χ2v) is 6.76. The van der Waals surface area contributed by atoms with Crippen molar-refractivity contribution in [2.75, 3.05) is 6.54 Å². The van der Waals surface area contributed by atoms with Crippen LogP contribution in [0.15, 0.2) is 37.5 Å². The molecule has 0 aliphatic carbocycles. The highest BCUT2D eigenvalue weighted by atomic mass is 79.9. The molecule has 21 heavy (non-hydrogen) atoms. The van der Waals surface area contributed by atoms with Crippen molar-refractivity contribution >= 4 is 27.7 Å². The largest absolute Gasteiger partial charge is 0.343 e. The predicted octanol–water partition coefficient (Wildman–Crippen LogP) is 3.08. The topological polar surface area (TPSA) is 62.7 Å². The number of halogens is 1. The van der Waals surface area contributed by atoms with Crippen LogP contribution >= 0.6 is 27.7 Å². The van der Waals surface area contributed by atoms with Crippen molar-refractivity contribution in [1.29, 1.82) is 0 Å². The third kappa shape index (κ3) is 3.99. The lowest BCUT2D eigenvalue weighted by Gasteiger charge is -2.17. The summed E-state index contributed by atoms with van der Waals surface area (Å²) >= 11 is 5.01. The Balaban J connectivity index is 2.30. The van der Waals surface area contributed by atoms with E-state index in [9.17, 15) is 4.79 Å². The molecule has 5 nitrogen and oxygen atoms in total. The van der Waals surface area contributed by atoms with E-state index in [1.807, 2.05) is 12.1 Å². The van der Waals surface area contributed by atoms with Crippen molar-refractivity contribution in [2.24, 2.45) is 7.05 Å². The Bertz CT molecular complexity index is 667. The molecular weight excluding hydrogens is 352 g/mol. The van der Waals surface area contributed by atoms with Crippen LogP contribution in [-0.2, 0) is 7.05 Å². The average Bonchev–Trinajstić information content (AvgIpc) is 2.78. The van der Waals surface area contributed by atoms with Crippen LogP contribution in [0.5, 0.6) is 0 Å². The van der Waals surface area contributed by atoms with Crippen LogP contribution in [0.2, 0.25) is 0 Å². The van der Waals surface area contributed by atoms with E-state index in [0.29, 0.717) is 5.16 Å². The van der Waals surface area contributed by atoms with Gasteiger partial charge in [0.15, 0.2) is 5.16 Å². The van der Waals surface area contributed by atoms with Crippen molar-refractivity contribution in [2.45, 2.75) is 36.4 Å². The van der Waals surface area contributed by atoms with E-state index in [2.05, 4.69) is 51.4 Å². The van der Waals surface area contributed by atoms with Gasteiger partial charge in [-0.15, -0.1) is 5.10 Å². The minimum Gasteiger partial charge on any atom is -0.310 e. The molecule has 0 aliphatic heterocycles. The molecule has 1 atom stereocenters. The fourth-order valence-electron chi connectivity index (χ4n) is 1.94. The molecule has 0 bridgehead atoms. The van der Waals surface area contributed by atoms with Gasteiger partial charge in [-0.1, -0.05) is 22.9 Å². The quantitative estimate of drug-likeness (QED) is 0.819. The van der Waals surface area contributed by atoms with Crippen molar-refractivity contribution in [3.8, 4) is 0 Å². The number of nitrogens with one attached hydrogen (secondary N) is 2. The van der Waals surface area contributed by atoms with Crippen LogP contribution in [0.3, 0.4) is 0 Å². The summed E-state index contributed by atoms with van der Waals surface area (Å²) in [5, 5.41) is 10.7. The number of H-pyrrole nitrogens is 1. The zero-order chi connectivity index (χ0) is 15.4. The Hall–Kier alpha value is -1.05. The lowest BCUT2D eigenvalue weighted by Crippen LogP contribution is -2.20. The second kappa shape index (κ2) is 7.29. The number of rotatable bonds is 6. The van der Waals surface area contributed by atoms with E-state index in [1.54, 1.807) is 7.05 Å². The van der Waals surface area contributed by atoms with E-state index >= 15 is 0 Å². The average molecular weight is 371 g/mol. The molecule has 0 spiro atoms. The highest BCUT2D eigenvalue weighted by Crippen LogP contribution is 2.33. The molecule has 1 heterocycles. The Morgan fingerprint density at radius 2 is 2.29 bits per heavy atom. The third-order valence-corrected chi connectivity index (χ3v) is 4.81. The van der Waals surface area contributed by atoms with Crippen molar-refractivity contribution in [1.82, 2.24) is 20.1 Å². The maximum atomic E-state index is 11.5. The minimum atomic E-state index is -0.201. The van der Waals surface area contributed by atoms with E-state index in [0.717, 1.165) is 22.3 Å². The normalized spacial score (nSPS) is 12.6. The molecule has 1 aromatic carbocycles. The fourth-order valence-corrected chi connectivity index (χ4v) is 3.32. The Morgan fingerprint density at radius 3 is 2.90 bits per heavy atom. The summed E-state index contributed by atoms with van der Waals surface area (Å²) in [6.45, 7) is 5.26. The number of hydrogen-bond acceptors (Lipinski definition) is 4. The SMILES string of the molecule is CCCNC(C)c1cc(Br)ccc1Sc1n[nH]c(=O)n1C. The number of aromatic amines is 1. The van der Waals surface area contributed by atoms with Gasteiger partial charge in [0.25, 0.3) is 0 Å². The van der Waals surface area contributed by atoms with Crippen LogP contribution in [0.4, 0.5) is 0 Å². The van der Waals surface area contributed by atoms with Crippen LogP contribution in [0.25, 0.3) is 0 Å². The number of aromatic nitrogens is 3. The first kappa shape index (κ1) is 16.3. The van der Waals surface area contributed by atoms with E-state index in [1.165, 1.54) is 21.9 Å². The molecule has 114 valence electrons. The van der Waals surface area contributed by atoms with Gasteiger partial charge in [0.1, 0.15) is 0 Å². The molecular formula is C14H19BrN4OS. The molecule has 7 heteroatoms. The number of hydrogen-bond donors (Lipinski definition) is 2. The molecule has 0 aliphatic rings. The minimum absolute atomic E-state index is 0.201. The van der Waals surface area contributed by atoms with E-state index < -0.39 is 0 Å². The second-order valence-electron chi connectivity index (χ2n) is 4.83. The van der Waals surface area contributed by atoms with Crippen LogP contribution in [0, 0.1) is 0 Å². The highest BCUT2D eigenvalue weighted by Gasteiger charge is 2.14. The summed E-state index contributed by atoms with van der Waals surface area (Å²) < 4.78 is 2.56. The zero-order valence-corrected chi connectivity index (χ0v) is 14.7. The Morgan fingerprint density at radius 1 is 1.52 bits per heavy atom. The summed E-state index contributed by atoms with van der Waals surface area (Å²) in [5.74, 6) is 0. The predicted molar refractivity (Wildman–Crippen MR) is 88.8 cm³/mol. The maximum Gasteiger partial charge on any atom is 0.343 e. The first-order valence-corrected chi connectivity index (χ1v) is 8.46. The number of nitrogens with zero attached hydrogens (tertiary/aromatic N) is 2. The molecule has 1 aromatic heterocycles. The summed E-state index contributed by atoms with van der Waals surface area (Å²) in [7, 11) is 1.71. The van der Waals surface area contributed by atoms with Gasteiger partial charge in [0.2, 0.25) is 0 Å². The monoisotopic (exact) mass is 370 g/mol. The Labute approximate surface area is 136 Å². The van der Waals surface area contributed by atoms with Crippen molar-refractivity contribution < 1.29 is 0 Å². The molecule has 2 N–H and O–H groups in total. The van der Waals surface area contributed by atoms with Crippen molar-refractivity contribution in [3.63, 3.8) is 0 Å². The van der Waals surface area contributed by atoms with Crippen LogP contribution < -0.4 is 11.0 Å². The van der Waals surface area contributed by atoms with Gasteiger partial charge in [-0.2, -0.15) is 0 Å².